The Morgan fingerprint density at radius 1 is 0.963 bits per heavy atom. The maximum Gasteiger partial charge on any atom is 0.196 e. The molecule has 140 valence electrons. The van der Waals surface area contributed by atoms with Crippen LogP contribution in [0, 0.1) is 13.8 Å². The lowest BCUT2D eigenvalue weighted by atomic mass is 10.1. The van der Waals surface area contributed by atoms with Gasteiger partial charge in [-0.25, -0.2) is 0 Å². The molecule has 4 nitrogen and oxygen atoms in total. The molecule has 3 aromatic rings. The molecule has 0 radical (unpaired) electrons. The summed E-state index contributed by atoms with van der Waals surface area (Å²) in [5, 5.41) is 9.97. The van der Waals surface area contributed by atoms with Gasteiger partial charge in [0.15, 0.2) is 11.0 Å². The maximum atomic E-state index is 5.89. The summed E-state index contributed by atoms with van der Waals surface area (Å²) in [6.07, 6.45) is 3.88. The molecule has 2 heterocycles. The van der Waals surface area contributed by atoms with Crippen LogP contribution < -0.4 is 0 Å². The highest BCUT2D eigenvalue weighted by atomic mass is 32.2. The second-order valence-electron chi connectivity index (χ2n) is 7.14. The van der Waals surface area contributed by atoms with Gasteiger partial charge in [0.25, 0.3) is 0 Å². The minimum absolute atomic E-state index is 0.315. The number of aromatic nitrogens is 3. The number of thioether (sulfide) groups is 1. The van der Waals surface area contributed by atoms with Gasteiger partial charge < -0.3 is 4.74 Å². The van der Waals surface area contributed by atoms with Crippen molar-refractivity contribution >= 4 is 11.8 Å². The highest BCUT2D eigenvalue weighted by Gasteiger charge is 2.19. The standard InChI is InChI=1S/C22H25N3OS/c1-16-6-10-18(11-7-16)21-23-24-22(27-15-20-5-3-4-14-26-20)25(21)19-12-8-17(2)9-13-19/h6-13,20H,3-5,14-15H2,1-2H3. The number of hydrogen-bond acceptors (Lipinski definition) is 4. The lowest BCUT2D eigenvalue weighted by Gasteiger charge is -2.22. The van der Waals surface area contributed by atoms with Crippen LogP contribution in [0.4, 0.5) is 0 Å². The van der Waals surface area contributed by atoms with E-state index in [1.165, 1.54) is 24.0 Å². The molecule has 1 aromatic heterocycles. The first-order chi connectivity index (χ1) is 13.2. The van der Waals surface area contributed by atoms with Crippen molar-refractivity contribution in [1.29, 1.82) is 0 Å². The van der Waals surface area contributed by atoms with Gasteiger partial charge in [0, 0.05) is 23.6 Å². The molecular formula is C22H25N3OS. The maximum absolute atomic E-state index is 5.89. The van der Waals surface area contributed by atoms with Crippen molar-refractivity contribution in [2.75, 3.05) is 12.4 Å². The third kappa shape index (κ3) is 4.25. The van der Waals surface area contributed by atoms with Crippen LogP contribution in [0.3, 0.4) is 0 Å². The molecule has 4 rings (SSSR count). The average molecular weight is 380 g/mol. The van der Waals surface area contributed by atoms with E-state index in [1.54, 1.807) is 11.8 Å². The number of aryl methyl sites for hydroxylation is 2. The van der Waals surface area contributed by atoms with Crippen LogP contribution in [0.2, 0.25) is 0 Å². The predicted octanol–water partition coefficient (Wildman–Crippen LogP) is 5.21. The third-order valence-corrected chi connectivity index (χ3v) is 5.97. The fourth-order valence-corrected chi connectivity index (χ4v) is 4.30. The normalized spacial score (nSPS) is 17.2. The molecule has 1 aliphatic rings. The topological polar surface area (TPSA) is 39.9 Å². The van der Waals surface area contributed by atoms with Crippen molar-refractivity contribution in [2.24, 2.45) is 0 Å². The molecule has 27 heavy (non-hydrogen) atoms. The molecule has 1 aliphatic heterocycles. The van der Waals surface area contributed by atoms with E-state index < -0.39 is 0 Å². The van der Waals surface area contributed by atoms with Crippen LogP contribution >= 0.6 is 11.8 Å². The van der Waals surface area contributed by atoms with Crippen molar-refractivity contribution < 1.29 is 4.74 Å². The highest BCUT2D eigenvalue weighted by molar-refractivity contribution is 7.99. The van der Waals surface area contributed by atoms with Gasteiger partial charge in [0.2, 0.25) is 0 Å². The van der Waals surface area contributed by atoms with Crippen molar-refractivity contribution in [2.45, 2.75) is 44.4 Å². The summed E-state index contributed by atoms with van der Waals surface area (Å²) >= 11 is 1.74. The Balaban J connectivity index is 1.67. The molecule has 1 fully saturated rings. The fourth-order valence-electron chi connectivity index (χ4n) is 3.29. The van der Waals surface area contributed by atoms with Gasteiger partial charge in [0.05, 0.1) is 6.10 Å². The molecule has 1 unspecified atom stereocenters. The van der Waals surface area contributed by atoms with E-state index in [9.17, 15) is 0 Å². The van der Waals surface area contributed by atoms with E-state index in [2.05, 4.69) is 77.1 Å². The molecule has 0 amide bonds. The van der Waals surface area contributed by atoms with Gasteiger partial charge in [-0.2, -0.15) is 0 Å². The Kier molecular flexibility index (Phi) is 5.60. The van der Waals surface area contributed by atoms with Crippen molar-refractivity contribution in [3.8, 4) is 17.1 Å². The first kappa shape index (κ1) is 18.3. The number of nitrogens with zero attached hydrogens (tertiary/aromatic N) is 3. The van der Waals surface area contributed by atoms with E-state index in [1.807, 2.05) is 0 Å². The fraction of sp³-hybridized carbons (Fsp3) is 0.364. The summed E-state index contributed by atoms with van der Waals surface area (Å²) in [6.45, 7) is 5.08. The zero-order chi connectivity index (χ0) is 18.6. The Hall–Kier alpha value is -2.11. The van der Waals surface area contributed by atoms with Crippen LogP contribution in [0.25, 0.3) is 17.1 Å². The second kappa shape index (κ2) is 8.28. The summed E-state index contributed by atoms with van der Waals surface area (Å²) in [5.41, 5.74) is 4.65. The molecular weight excluding hydrogens is 354 g/mol. The van der Waals surface area contributed by atoms with Crippen molar-refractivity contribution in [3.05, 3.63) is 59.7 Å². The number of benzene rings is 2. The molecule has 0 aliphatic carbocycles. The SMILES string of the molecule is Cc1ccc(-c2nnc(SCC3CCCCO3)n2-c2ccc(C)cc2)cc1. The molecule has 5 heteroatoms. The lowest BCUT2D eigenvalue weighted by molar-refractivity contribution is 0.0315. The number of rotatable bonds is 5. The van der Waals surface area contributed by atoms with Crippen LogP contribution in [0.1, 0.15) is 30.4 Å². The molecule has 0 bridgehead atoms. The molecule has 1 atom stereocenters. The smallest absolute Gasteiger partial charge is 0.196 e. The van der Waals surface area contributed by atoms with Gasteiger partial charge in [-0.15, -0.1) is 10.2 Å². The van der Waals surface area contributed by atoms with E-state index >= 15 is 0 Å². The van der Waals surface area contributed by atoms with E-state index in [-0.39, 0.29) is 0 Å². The molecule has 0 spiro atoms. The van der Waals surface area contributed by atoms with Gasteiger partial charge in [-0.1, -0.05) is 59.3 Å². The molecule has 0 saturated carbocycles. The first-order valence-corrected chi connectivity index (χ1v) is 10.5. The summed E-state index contributed by atoms with van der Waals surface area (Å²) in [6, 6.07) is 17.0. The Bertz CT molecular complexity index is 881. The van der Waals surface area contributed by atoms with Crippen LogP contribution in [0.5, 0.6) is 0 Å². The lowest BCUT2D eigenvalue weighted by Crippen LogP contribution is -2.21. The predicted molar refractivity (Wildman–Crippen MR) is 111 cm³/mol. The summed E-state index contributed by atoms with van der Waals surface area (Å²) in [7, 11) is 0. The average Bonchev–Trinajstić information content (AvgIpc) is 3.12. The summed E-state index contributed by atoms with van der Waals surface area (Å²) < 4.78 is 8.05. The Labute approximate surface area is 165 Å². The Morgan fingerprint density at radius 3 is 2.33 bits per heavy atom. The monoisotopic (exact) mass is 379 g/mol. The number of ether oxygens (including phenoxy) is 1. The van der Waals surface area contributed by atoms with Crippen LogP contribution in [0.15, 0.2) is 53.7 Å². The largest absolute Gasteiger partial charge is 0.377 e. The van der Waals surface area contributed by atoms with E-state index in [4.69, 9.17) is 4.74 Å². The van der Waals surface area contributed by atoms with E-state index in [0.717, 1.165) is 41.0 Å². The van der Waals surface area contributed by atoms with Crippen LogP contribution in [-0.4, -0.2) is 33.2 Å². The zero-order valence-corrected chi connectivity index (χ0v) is 16.7. The summed E-state index contributed by atoms with van der Waals surface area (Å²) in [5.74, 6) is 1.80. The summed E-state index contributed by atoms with van der Waals surface area (Å²) in [4.78, 5) is 0. The van der Waals surface area contributed by atoms with Gasteiger partial charge >= 0.3 is 0 Å². The van der Waals surface area contributed by atoms with Crippen molar-refractivity contribution in [1.82, 2.24) is 14.8 Å². The van der Waals surface area contributed by atoms with Gasteiger partial charge in [-0.3, -0.25) is 4.57 Å². The Morgan fingerprint density at radius 2 is 1.67 bits per heavy atom. The minimum Gasteiger partial charge on any atom is -0.377 e. The minimum atomic E-state index is 0.315. The van der Waals surface area contributed by atoms with Gasteiger partial charge in [-0.05, 0) is 45.2 Å². The quantitative estimate of drug-likeness (QED) is 0.570. The second-order valence-corrected chi connectivity index (χ2v) is 8.13. The molecule has 2 aromatic carbocycles. The van der Waals surface area contributed by atoms with Gasteiger partial charge in [0.1, 0.15) is 0 Å². The van der Waals surface area contributed by atoms with E-state index in [0.29, 0.717) is 6.10 Å². The molecule has 1 saturated heterocycles. The third-order valence-electron chi connectivity index (χ3n) is 4.91. The zero-order valence-electron chi connectivity index (χ0n) is 15.9. The molecule has 0 N–H and O–H groups in total. The first-order valence-electron chi connectivity index (χ1n) is 9.54. The van der Waals surface area contributed by atoms with Crippen LogP contribution in [-0.2, 0) is 4.74 Å². The van der Waals surface area contributed by atoms with Crippen molar-refractivity contribution in [3.63, 3.8) is 0 Å². The highest BCUT2D eigenvalue weighted by Crippen LogP contribution is 2.30. The number of hydrogen-bond donors (Lipinski definition) is 0.